The molecule has 0 radical (unpaired) electrons. The number of amides is 4. The second-order valence-electron chi connectivity index (χ2n) is 10.6. The minimum absolute atomic E-state index is 0.00523. The zero-order valence-electron chi connectivity index (χ0n) is 22.6. The molecule has 1 aliphatic heterocycles. The number of nitrogens with one attached hydrogen (secondary N) is 2. The minimum Gasteiger partial charge on any atom is -0.339 e. The van der Waals surface area contributed by atoms with Crippen LogP contribution >= 0.6 is 0 Å². The molecule has 2 N–H and O–H groups in total. The van der Waals surface area contributed by atoms with Gasteiger partial charge in [0.25, 0.3) is 11.8 Å². The van der Waals surface area contributed by atoms with Crippen molar-refractivity contribution in [2.75, 3.05) is 30.8 Å². The Balaban J connectivity index is 1.12. The number of benzene rings is 3. The Morgan fingerprint density at radius 1 is 0.775 bits per heavy atom. The van der Waals surface area contributed by atoms with Crippen LogP contribution < -0.4 is 10.6 Å². The van der Waals surface area contributed by atoms with E-state index in [1.807, 2.05) is 37.4 Å². The summed E-state index contributed by atoms with van der Waals surface area (Å²) in [4.78, 5) is 54.6. The molecule has 0 bridgehead atoms. The molecule has 8 heteroatoms. The topological polar surface area (TPSA) is 98.8 Å². The minimum atomic E-state index is -0.209. The first kappa shape index (κ1) is 27.1. The number of carbonyl (C=O) groups excluding carboxylic acids is 4. The van der Waals surface area contributed by atoms with E-state index in [0.717, 1.165) is 18.4 Å². The van der Waals surface area contributed by atoms with Gasteiger partial charge in [0.1, 0.15) is 0 Å². The van der Waals surface area contributed by atoms with Crippen molar-refractivity contribution in [3.05, 3.63) is 95.6 Å². The lowest BCUT2D eigenvalue weighted by Crippen LogP contribution is -2.41. The third-order valence-electron chi connectivity index (χ3n) is 7.54. The average molecular weight is 539 g/mol. The standard InChI is InChI=1S/C32H34N4O4/c1-35(28-13-14-28)31(39)25-10-6-12-27(21-25)33-29(37)20-22-7-5-11-26(19-22)34-30(38)23-15-17-36(18-16-23)32(40)24-8-3-2-4-9-24/h2-12,19,21,23,28H,13-18,20H2,1H3,(H,33,37)(H,34,38). The maximum atomic E-state index is 12.9. The molecule has 1 saturated heterocycles. The quantitative estimate of drug-likeness (QED) is 0.438. The largest absolute Gasteiger partial charge is 0.339 e. The van der Waals surface area contributed by atoms with Gasteiger partial charge in [0.05, 0.1) is 6.42 Å². The molecular weight excluding hydrogens is 504 g/mol. The summed E-state index contributed by atoms with van der Waals surface area (Å²) in [5.74, 6) is -0.518. The summed E-state index contributed by atoms with van der Waals surface area (Å²) in [7, 11) is 1.81. The highest BCUT2D eigenvalue weighted by Gasteiger charge is 2.30. The Kier molecular flexibility index (Phi) is 8.24. The lowest BCUT2D eigenvalue weighted by molar-refractivity contribution is -0.121. The van der Waals surface area contributed by atoms with Gasteiger partial charge >= 0.3 is 0 Å². The highest BCUT2D eigenvalue weighted by molar-refractivity contribution is 5.98. The molecule has 4 amide bonds. The van der Waals surface area contributed by atoms with Crippen molar-refractivity contribution in [3.63, 3.8) is 0 Å². The monoisotopic (exact) mass is 538 g/mol. The van der Waals surface area contributed by atoms with Crippen LogP contribution in [0.15, 0.2) is 78.9 Å². The normalized spacial score (nSPS) is 15.3. The summed E-state index contributed by atoms with van der Waals surface area (Å²) < 4.78 is 0. The van der Waals surface area contributed by atoms with Crippen LogP contribution in [0.25, 0.3) is 0 Å². The Labute approximate surface area is 234 Å². The van der Waals surface area contributed by atoms with Gasteiger partial charge in [-0.15, -0.1) is 0 Å². The van der Waals surface area contributed by atoms with Crippen LogP contribution in [0.3, 0.4) is 0 Å². The first-order valence-corrected chi connectivity index (χ1v) is 13.8. The van der Waals surface area contributed by atoms with E-state index in [1.165, 1.54) is 0 Å². The Bertz CT molecular complexity index is 1390. The smallest absolute Gasteiger partial charge is 0.253 e. The van der Waals surface area contributed by atoms with Gasteiger partial charge in [0, 0.05) is 54.6 Å². The van der Waals surface area contributed by atoms with E-state index in [0.29, 0.717) is 54.5 Å². The van der Waals surface area contributed by atoms with Crippen LogP contribution in [-0.4, -0.2) is 59.6 Å². The maximum Gasteiger partial charge on any atom is 0.253 e. The summed E-state index contributed by atoms with van der Waals surface area (Å²) in [6, 6.07) is 23.8. The molecule has 8 nitrogen and oxygen atoms in total. The summed E-state index contributed by atoms with van der Waals surface area (Å²) in [6.45, 7) is 1.07. The molecule has 2 aliphatic rings. The molecule has 0 aromatic heterocycles. The Hall–Kier alpha value is -4.46. The number of nitrogens with zero attached hydrogens (tertiary/aromatic N) is 2. The van der Waals surface area contributed by atoms with Crippen LogP contribution in [-0.2, 0) is 16.0 Å². The van der Waals surface area contributed by atoms with Crippen LogP contribution in [0, 0.1) is 5.92 Å². The van der Waals surface area contributed by atoms with E-state index in [2.05, 4.69) is 10.6 Å². The summed E-state index contributed by atoms with van der Waals surface area (Å²) in [5.41, 5.74) is 3.18. The van der Waals surface area contributed by atoms with E-state index in [4.69, 9.17) is 0 Å². The fourth-order valence-corrected chi connectivity index (χ4v) is 5.06. The van der Waals surface area contributed by atoms with Crippen molar-refractivity contribution in [3.8, 4) is 0 Å². The van der Waals surface area contributed by atoms with Crippen molar-refractivity contribution < 1.29 is 19.2 Å². The molecule has 206 valence electrons. The maximum absolute atomic E-state index is 12.9. The van der Waals surface area contributed by atoms with Crippen LogP contribution in [0.2, 0.25) is 0 Å². The van der Waals surface area contributed by atoms with Crippen molar-refractivity contribution in [1.29, 1.82) is 0 Å². The van der Waals surface area contributed by atoms with Gasteiger partial charge in [0.15, 0.2) is 0 Å². The van der Waals surface area contributed by atoms with Crippen LogP contribution in [0.4, 0.5) is 11.4 Å². The van der Waals surface area contributed by atoms with Gasteiger partial charge in [-0.25, -0.2) is 0 Å². The van der Waals surface area contributed by atoms with E-state index in [-0.39, 0.29) is 36.0 Å². The molecule has 2 fully saturated rings. The predicted octanol–water partition coefficient (Wildman–Crippen LogP) is 4.59. The van der Waals surface area contributed by atoms with E-state index in [9.17, 15) is 19.2 Å². The highest BCUT2D eigenvalue weighted by atomic mass is 16.2. The van der Waals surface area contributed by atoms with Gasteiger partial charge in [-0.3, -0.25) is 19.2 Å². The molecule has 3 aromatic carbocycles. The number of anilines is 2. The molecule has 3 aromatic rings. The lowest BCUT2D eigenvalue weighted by atomic mass is 9.95. The first-order valence-electron chi connectivity index (χ1n) is 13.8. The fraction of sp³-hybridized carbons (Fsp3) is 0.312. The SMILES string of the molecule is CN(C(=O)c1cccc(NC(=O)Cc2cccc(NC(=O)C3CCN(C(=O)c4ccccc4)CC3)c2)c1)C1CC1. The molecule has 1 saturated carbocycles. The first-order chi connectivity index (χ1) is 19.4. The predicted molar refractivity (Wildman–Crippen MR) is 154 cm³/mol. The molecule has 1 heterocycles. The molecule has 0 atom stereocenters. The van der Waals surface area contributed by atoms with Crippen molar-refractivity contribution in [2.45, 2.75) is 38.1 Å². The number of hydrogen-bond donors (Lipinski definition) is 2. The molecule has 0 spiro atoms. The third kappa shape index (κ3) is 6.75. The van der Waals surface area contributed by atoms with E-state index >= 15 is 0 Å². The fourth-order valence-electron chi connectivity index (χ4n) is 5.06. The van der Waals surface area contributed by atoms with E-state index < -0.39 is 0 Å². The van der Waals surface area contributed by atoms with Gasteiger partial charge in [0.2, 0.25) is 11.8 Å². The lowest BCUT2D eigenvalue weighted by Gasteiger charge is -2.31. The highest BCUT2D eigenvalue weighted by Crippen LogP contribution is 2.27. The number of likely N-dealkylation sites (tertiary alicyclic amines) is 1. The summed E-state index contributed by atoms with van der Waals surface area (Å²) in [6.07, 6.45) is 3.40. The second-order valence-corrected chi connectivity index (χ2v) is 10.6. The van der Waals surface area contributed by atoms with Gasteiger partial charge < -0.3 is 20.4 Å². The third-order valence-corrected chi connectivity index (χ3v) is 7.54. The second kappa shape index (κ2) is 12.2. The zero-order valence-corrected chi connectivity index (χ0v) is 22.6. The van der Waals surface area contributed by atoms with Crippen LogP contribution in [0.5, 0.6) is 0 Å². The number of hydrogen-bond acceptors (Lipinski definition) is 4. The molecule has 0 unspecified atom stereocenters. The van der Waals surface area contributed by atoms with E-state index in [1.54, 1.807) is 58.3 Å². The molecule has 40 heavy (non-hydrogen) atoms. The number of rotatable bonds is 8. The molecule has 5 rings (SSSR count). The van der Waals surface area contributed by atoms with Crippen LogP contribution in [0.1, 0.15) is 52.0 Å². The number of piperidine rings is 1. The average Bonchev–Trinajstić information content (AvgIpc) is 3.83. The Morgan fingerprint density at radius 3 is 2.12 bits per heavy atom. The summed E-state index contributed by atoms with van der Waals surface area (Å²) >= 11 is 0. The van der Waals surface area contributed by atoms with Gasteiger partial charge in [-0.2, -0.15) is 0 Å². The van der Waals surface area contributed by atoms with Gasteiger partial charge in [-0.1, -0.05) is 36.4 Å². The number of carbonyl (C=O) groups is 4. The molecule has 1 aliphatic carbocycles. The van der Waals surface area contributed by atoms with Gasteiger partial charge in [-0.05, 0) is 73.7 Å². The van der Waals surface area contributed by atoms with Crippen molar-refractivity contribution >= 4 is 35.0 Å². The Morgan fingerprint density at radius 2 is 1.43 bits per heavy atom. The zero-order chi connectivity index (χ0) is 28.1. The molecular formula is C32H34N4O4. The van der Waals surface area contributed by atoms with Crippen molar-refractivity contribution in [1.82, 2.24) is 9.80 Å². The summed E-state index contributed by atoms with van der Waals surface area (Å²) in [5, 5.41) is 5.86. The van der Waals surface area contributed by atoms with Crippen molar-refractivity contribution in [2.24, 2.45) is 5.92 Å².